The van der Waals surface area contributed by atoms with Crippen LogP contribution in [0.4, 0.5) is 0 Å². The molecule has 0 amide bonds. The molecule has 1 N–H and O–H groups in total. The summed E-state index contributed by atoms with van der Waals surface area (Å²) in [6, 6.07) is 10.1. The van der Waals surface area contributed by atoms with E-state index in [9.17, 15) is 5.11 Å². The smallest absolute Gasteiger partial charge is 0.103 e. The topological polar surface area (TPSA) is 23.5 Å². The van der Waals surface area contributed by atoms with Gasteiger partial charge in [-0.3, -0.25) is 4.90 Å². The molecule has 2 rings (SSSR count). The Labute approximate surface area is 129 Å². The van der Waals surface area contributed by atoms with Crippen LogP contribution in [-0.4, -0.2) is 30.6 Å². The minimum absolute atomic E-state index is 0.335. The molecule has 2 heteroatoms. The lowest BCUT2D eigenvalue weighted by Crippen LogP contribution is -2.36. The molecule has 0 aromatic heterocycles. The molecule has 1 aromatic carbocycles. The van der Waals surface area contributed by atoms with E-state index < -0.39 is 5.60 Å². The van der Waals surface area contributed by atoms with Crippen LogP contribution in [0.25, 0.3) is 0 Å². The molecule has 21 heavy (non-hydrogen) atoms. The summed E-state index contributed by atoms with van der Waals surface area (Å²) in [7, 11) is 4.03. The van der Waals surface area contributed by atoms with Crippen molar-refractivity contribution in [3.8, 4) is 11.8 Å². The van der Waals surface area contributed by atoms with E-state index >= 15 is 0 Å². The lowest BCUT2D eigenvalue weighted by atomic mass is 9.72. The Morgan fingerprint density at radius 1 is 1.10 bits per heavy atom. The second-order valence-electron chi connectivity index (χ2n) is 6.39. The van der Waals surface area contributed by atoms with E-state index in [2.05, 4.69) is 16.7 Å². The summed E-state index contributed by atoms with van der Waals surface area (Å²) in [4.78, 5) is 2.05. The highest BCUT2D eigenvalue weighted by atomic mass is 16.3. The monoisotopic (exact) mass is 285 g/mol. The van der Waals surface area contributed by atoms with E-state index in [0.29, 0.717) is 12.3 Å². The summed E-state index contributed by atoms with van der Waals surface area (Å²) in [5.41, 5.74) is 0.233. The molecule has 1 aliphatic rings. The molecule has 0 bridgehead atoms. The first-order chi connectivity index (χ1) is 10.1. The predicted octanol–water partition coefficient (Wildman–Crippen LogP) is 3.41. The van der Waals surface area contributed by atoms with Crippen molar-refractivity contribution in [2.45, 2.75) is 44.1 Å². The van der Waals surface area contributed by atoms with Gasteiger partial charge in [-0.1, -0.05) is 61.4 Å². The number of benzene rings is 1. The zero-order valence-electron chi connectivity index (χ0n) is 13.3. The molecular weight excluding hydrogens is 258 g/mol. The van der Waals surface area contributed by atoms with Crippen molar-refractivity contribution in [2.24, 2.45) is 5.92 Å². The molecule has 0 spiro atoms. The van der Waals surface area contributed by atoms with Crippen LogP contribution in [-0.2, 0) is 5.60 Å². The van der Waals surface area contributed by atoms with Crippen LogP contribution in [0.5, 0.6) is 0 Å². The molecule has 0 unspecified atom stereocenters. The average Bonchev–Trinajstić information content (AvgIpc) is 2.53. The summed E-state index contributed by atoms with van der Waals surface area (Å²) >= 11 is 0. The van der Waals surface area contributed by atoms with Crippen LogP contribution in [0.2, 0.25) is 0 Å². The normalized spacial score (nSPS) is 18.9. The summed E-state index contributed by atoms with van der Waals surface area (Å²) in [6.45, 7) is 0.746. The zero-order chi connectivity index (χ0) is 15.1. The molecule has 1 fully saturated rings. The zero-order valence-corrected chi connectivity index (χ0v) is 13.3. The highest BCUT2D eigenvalue weighted by Crippen LogP contribution is 2.41. The van der Waals surface area contributed by atoms with Gasteiger partial charge in [0.25, 0.3) is 0 Å². The van der Waals surface area contributed by atoms with Crippen molar-refractivity contribution in [2.75, 3.05) is 20.6 Å². The standard InChI is InChI=1S/C19H27NO/c1-20(2)16-10-9-15-19(21,17-11-5-3-6-12-17)18-13-7-4-8-14-18/h3,5-6,11-12,18,21H,4,7-8,13-16H2,1-2H3/t19-/m1/s1. The van der Waals surface area contributed by atoms with Crippen molar-refractivity contribution in [3.05, 3.63) is 35.9 Å². The van der Waals surface area contributed by atoms with Crippen molar-refractivity contribution in [1.29, 1.82) is 0 Å². The molecule has 1 aliphatic carbocycles. The van der Waals surface area contributed by atoms with Gasteiger partial charge in [-0.25, -0.2) is 0 Å². The summed E-state index contributed by atoms with van der Waals surface area (Å²) in [5.74, 6) is 6.71. The van der Waals surface area contributed by atoms with Crippen LogP contribution in [0.3, 0.4) is 0 Å². The Morgan fingerprint density at radius 2 is 1.76 bits per heavy atom. The van der Waals surface area contributed by atoms with Gasteiger partial charge in [0.1, 0.15) is 5.60 Å². The first-order valence-corrected chi connectivity index (χ1v) is 8.01. The first kappa shape index (κ1) is 16.1. The van der Waals surface area contributed by atoms with Gasteiger partial charge in [-0.15, -0.1) is 0 Å². The Bertz CT molecular complexity index is 479. The van der Waals surface area contributed by atoms with Crippen molar-refractivity contribution >= 4 is 0 Å². The van der Waals surface area contributed by atoms with Crippen LogP contribution in [0.15, 0.2) is 30.3 Å². The van der Waals surface area contributed by atoms with Gasteiger partial charge < -0.3 is 5.11 Å². The third-order valence-electron chi connectivity index (χ3n) is 4.43. The quantitative estimate of drug-likeness (QED) is 0.857. The van der Waals surface area contributed by atoms with Gasteiger partial charge in [-0.2, -0.15) is 0 Å². The summed E-state index contributed by atoms with van der Waals surface area (Å²) in [5, 5.41) is 11.4. The second kappa shape index (κ2) is 7.64. The minimum Gasteiger partial charge on any atom is -0.384 e. The van der Waals surface area contributed by atoms with Crippen molar-refractivity contribution in [1.82, 2.24) is 4.90 Å². The van der Waals surface area contributed by atoms with E-state index in [1.165, 1.54) is 19.3 Å². The van der Waals surface area contributed by atoms with Crippen LogP contribution in [0.1, 0.15) is 44.1 Å². The highest BCUT2D eigenvalue weighted by molar-refractivity contribution is 5.26. The predicted molar refractivity (Wildman–Crippen MR) is 87.9 cm³/mol. The van der Waals surface area contributed by atoms with E-state index in [0.717, 1.165) is 24.9 Å². The maximum atomic E-state index is 11.4. The minimum atomic E-state index is -0.791. The number of hydrogen-bond donors (Lipinski definition) is 1. The van der Waals surface area contributed by atoms with E-state index in [-0.39, 0.29) is 0 Å². The number of rotatable bonds is 4. The van der Waals surface area contributed by atoms with Gasteiger partial charge in [0.05, 0.1) is 6.54 Å². The Morgan fingerprint density at radius 3 is 2.38 bits per heavy atom. The van der Waals surface area contributed by atoms with Gasteiger partial charge in [-0.05, 0) is 38.4 Å². The fourth-order valence-corrected chi connectivity index (χ4v) is 3.20. The molecule has 1 saturated carbocycles. The molecule has 1 atom stereocenters. The fraction of sp³-hybridized carbons (Fsp3) is 0.579. The number of aliphatic hydroxyl groups is 1. The third kappa shape index (κ3) is 4.33. The largest absolute Gasteiger partial charge is 0.384 e. The van der Waals surface area contributed by atoms with E-state index in [1.54, 1.807) is 0 Å². The highest BCUT2D eigenvalue weighted by Gasteiger charge is 2.38. The van der Waals surface area contributed by atoms with Crippen LogP contribution < -0.4 is 0 Å². The number of hydrogen-bond acceptors (Lipinski definition) is 2. The molecule has 1 aromatic rings. The lowest BCUT2D eigenvalue weighted by molar-refractivity contribution is -0.0344. The molecule has 0 aliphatic heterocycles. The SMILES string of the molecule is CN(C)CC#CC[C@@](O)(c1ccccc1)C1CCCCC1. The molecular formula is C19H27NO. The second-order valence-corrected chi connectivity index (χ2v) is 6.39. The average molecular weight is 285 g/mol. The van der Waals surface area contributed by atoms with E-state index in [4.69, 9.17) is 0 Å². The number of nitrogens with zero attached hydrogens (tertiary/aromatic N) is 1. The van der Waals surface area contributed by atoms with Gasteiger partial charge in [0.15, 0.2) is 0 Å². The fourth-order valence-electron chi connectivity index (χ4n) is 3.20. The molecule has 0 radical (unpaired) electrons. The van der Waals surface area contributed by atoms with Crippen molar-refractivity contribution in [3.63, 3.8) is 0 Å². The Balaban J connectivity index is 2.18. The Kier molecular flexibility index (Phi) is 5.85. The first-order valence-electron chi connectivity index (χ1n) is 8.01. The maximum absolute atomic E-state index is 11.4. The van der Waals surface area contributed by atoms with E-state index in [1.807, 2.05) is 44.4 Å². The van der Waals surface area contributed by atoms with Crippen LogP contribution in [0, 0.1) is 17.8 Å². The van der Waals surface area contributed by atoms with Gasteiger partial charge in [0.2, 0.25) is 0 Å². The van der Waals surface area contributed by atoms with Gasteiger partial charge >= 0.3 is 0 Å². The summed E-state index contributed by atoms with van der Waals surface area (Å²) in [6.07, 6.45) is 6.51. The lowest BCUT2D eigenvalue weighted by Gasteiger charge is -2.38. The van der Waals surface area contributed by atoms with Crippen molar-refractivity contribution < 1.29 is 5.11 Å². The maximum Gasteiger partial charge on any atom is 0.103 e. The molecule has 0 saturated heterocycles. The third-order valence-corrected chi connectivity index (χ3v) is 4.43. The molecule has 2 nitrogen and oxygen atoms in total. The molecule has 114 valence electrons. The van der Waals surface area contributed by atoms with Gasteiger partial charge in [0, 0.05) is 6.42 Å². The Hall–Kier alpha value is -1.30. The molecule has 0 heterocycles. The summed E-state index contributed by atoms with van der Waals surface area (Å²) < 4.78 is 0. The van der Waals surface area contributed by atoms with Crippen LogP contribution >= 0.6 is 0 Å².